The van der Waals surface area contributed by atoms with Crippen molar-refractivity contribution < 1.29 is 17.9 Å². The molecule has 4 aliphatic rings. The molecule has 0 unspecified atom stereocenters. The summed E-state index contributed by atoms with van der Waals surface area (Å²) < 4.78 is 34.8. The second-order valence-corrected chi connectivity index (χ2v) is 8.42. The first-order chi connectivity index (χ1) is 13.1. The van der Waals surface area contributed by atoms with Gasteiger partial charge in [0.15, 0.2) is 0 Å². The Hall–Kier alpha value is -2.24. The van der Waals surface area contributed by atoms with E-state index in [-0.39, 0.29) is 11.2 Å². The molecule has 4 nitrogen and oxygen atoms in total. The van der Waals surface area contributed by atoms with Crippen molar-refractivity contribution in [2.24, 2.45) is 17.8 Å². The Morgan fingerprint density at radius 1 is 0.963 bits per heavy atom. The summed E-state index contributed by atoms with van der Waals surface area (Å²) in [4.78, 5) is 0. The highest BCUT2D eigenvalue weighted by molar-refractivity contribution is 5.66. The zero-order valence-corrected chi connectivity index (χ0v) is 15.0. The topological polar surface area (TPSA) is 48.2 Å². The monoisotopic (exact) mass is 372 g/mol. The highest BCUT2D eigenvalue weighted by Crippen LogP contribution is 2.60. The molecule has 0 amide bonds. The number of hydrogen-bond donors (Lipinski definition) is 0. The summed E-state index contributed by atoms with van der Waals surface area (Å²) in [7, 11) is 0. The zero-order valence-electron chi connectivity index (χ0n) is 15.0. The van der Waals surface area contributed by atoms with Crippen LogP contribution in [0.3, 0.4) is 0 Å². The van der Waals surface area contributed by atoms with E-state index in [1.807, 2.05) is 6.08 Å². The molecule has 6 rings (SSSR count). The second-order valence-electron chi connectivity index (χ2n) is 8.42. The van der Waals surface area contributed by atoms with Crippen molar-refractivity contribution in [1.29, 1.82) is 0 Å². The lowest BCUT2D eigenvalue weighted by molar-refractivity contribution is -0.0498. The lowest BCUT2D eigenvalue weighted by Gasteiger charge is -2.55. The third-order valence-corrected chi connectivity index (χ3v) is 6.46. The molecule has 0 spiro atoms. The van der Waals surface area contributed by atoms with Gasteiger partial charge in [0.2, 0.25) is 11.8 Å². The summed E-state index contributed by atoms with van der Waals surface area (Å²) in [5, 5.41) is 8.61. The number of alkyl halides is 2. The van der Waals surface area contributed by atoms with Gasteiger partial charge in [-0.3, -0.25) is 0 Å². The molecular weight excluding hydrogens is 350 g/mol. The molecule has 27 heavy (non-hydrogen) atoms. The van der Waals surface area contributed by atoms with Crippen molar-refractivity contribution in [2.45, 2.75) is 50.6 Å². The highest BCUT2D eigenvalue weighted by Gasteiger charge is 2.54. The molecule has 1 heterocycles. The Bertz CT molecular complexity index is 809. The molecule has 6 heteroatoms. The predicted molar refractivity (Wildman–Crippen MR) is 96.2 cm³/mol. The fourth-order valence-electron chi connectivity index (χ4n) is 5.82. The molecule has 0 aliphatic heterocycles. The second kappa shape index (κ2) is 6.43. The summed E-state index contributed by atoms with van der Waals surface area (Å²) in [6.45, 7) is -2.81. The average Bonchev–Trinajstić information content (AvgIpc) is 3.09. The van der Waals surface area contributed by atoms with Gasteiger partial charge in [0, 0.05) is 11.5 Å². The number of halogens is 2. The van der Waals surface area contributed by atoms with E-state index in [2.05, 4.69) is 14.9 Å². The molecule has 0 radical (unpaired) electrons. The smallest absolute Gasteiger partial charge is 0.387 e. The van der Waals surface area contributed by atoms with E-state index in [0.29, 0.717) is 5.89 Å². The molecular formula is C21H22F2N2O2. The van der Waals surface area contributed by atoms with E-state index in [0.717, 1.165) is 29.2 Å². The van der Waals surface area contributed by atoms with Gasteiger partial charge in [-0.15, -0.1) is 10.2 Å². The average molecular weight is 372 g/mol. The number of aromatic nitrogens is 2. The van der Waals surface area contributed by atoms with Crippen LogP contribution in [0.2, 0.25) is 0 Å². The van der Waals surface area contributed by atoms with Crippen molar-refractivity contribution in [1.82, 2.24) is 10.2 Å². The quantitative estimate of drug-likeness (QED) is 0.714. The van der Waals surface area contributed by atoms with E-state index in [1.165, 1.54) is 50.7 Å². The van der Waals surface area contributed by atoms with Gasteiger partial charge in [-0.1, -0.05) is 12.1 Å². The molecule has 4 fully saturated rings. The van der Waals surface area contributed by atoms with Gasteiger partial charge in [0.1, 0.15) is 5.75 Å². The number of benzene rings is 1. The molecule has 0 saturated heterocycles. The fraction of sp³-hybridized carbons (Fsp3) is 0.524. The number of rotatable bonds is 5. The van der Waals surface area contributed by atoms with Crippen LogP contribution in [0.5, 0.6) is 5.75 Å². The normalized spacial score (nSPS) is 31.9. The van der Waals surface area contributed by atoms with Crippen LogP contribution in [0.15, 0.2) is 28.7 Å². The maximum absolute atomic E-state index is 12.2. The molecule has 142 valence electrons. The summed E-state index contributed by atoms with van der Waals surface area (Å²) in [6, 6.07) is 6.45. The minimum atomic E-state index is -2.81. The standard InChI is InChI=1S/C21H22F2N2O2/c22-20(23)26-17-4-1-13(2-5-17)3-6-18-24-25-19(27-18)21-10-14-7-15(11-21)9-16(8-14)12-21/h1-6,14-16,20H,7-12H2. The van der Waals surface area contributed by atoms with Crippen LogP contribution in [0.4, 0.5) is 8.78 Å². The SMILES string of the molecule is FC(F)Oc1ccc(C=Cc2nnc(C34CC5CC(CC(C5)C3)C4)o2)cc1. The molecule has 4 bridgehead atoms. The van der Waals surface area contributed by atoms with E-state index < -0.39 is 6.61 Å². The Balaban J connectivity index is 1.30. The molecule has 4 aliphatic carbocycles. The third-order valence-electron chi connectivity index (χ3n) is 6.46. The first-order valence-electron chi connectivity index (χ1n) is 9.65. The number of nitrogens with zero attached hydrogens (tertiary/aromatic N) is 2. The van der Waals surface area contributed by atoms with Crippen LogP contribution < -0.4 is 4.74 Å². The summed E-state index contributed by atoms with van der Waals surface area (Å²) in [5.74, 6) is 3.93. The first kappa shape index (κ1) is 16.9. The van der Waals surface area contributed by atoms with Gasteiger partial charge in [0.25, 0.3) is 0 Å². The van der Waals surface area contributed by atoms with Gasteiger partial charge in [0.05, 0.1) is 0 Å². The highest BCUT2D eigenvalue weighted by atomic mass is 19.3. The van der Waals surface area contributed by atoms with Crippen LogP contribution in [0, 0.1) is 17.8 Å². The van der Waals surface area contributed by atoms with Crippen molar-refractivity contribution in [3.8, 4) is 5.75 Å². The van der Waals surface area contributed by atoms with E-state index in [4.69, 9.17) is 4.42 Å². The molecule has 2 aromatic rings. The number of ether oxygens (including phenoxy) is 1. The van der Waals surface area contributed by atoms with Gasteiger partial charge < -0.3 is 9.15 Å². The van der Waals surface area contributed by atoms with E-state index >= 15 is 0 Å². The maximum Gasteiger partial charge on any atom is 0.387 e. The van der Waals surface area contributed by atoms with Gasteiger partial charge in [-0.05, 0) is 80.1 Å². The van der Waals surface area contributed by atoms with Crippen LogP contribution in [-0.4, -0.2) is 16.8 Å². The molecule has 4 saturated carbocycles. The maximum atomic E-state index is 12.2. The van der Waals surface area contributed by atoms with Gasteiger partial charge in [-0.25, -0.2) is 0 Å². The molecule has 1 aromatic heterocycles. The predicted octanol–water partition coefficient (Wildman–Crippen LogP) is 5.31. The Morgan fingerprint density at radius 2 is 1.59 bits per heavy atom. The molecule has 0 N–H and O–H groups in total. The largest absolute Gasteiger partial charge is 0.435 e. The van der Waals surface area contributed by atoms with Crippen molar-refractivity contribution >= 4 is 12.2 Å². The summed E-state index contributed by atoms with van der Waals surface area (Å²) >= 11 is 0. The van der Waals surface area contributed by atoms with Crippen molar-refractivity contribution in [3.05, 3.63) is 41.6 Å². The van der Waals surface area contributed by atoms with Crippen LogP contribution in [0.25, 0.3) is 12.2 Å². The van der Waals surface area contributed by atoms with Gasteiger partial charge in [-0.2, -0.15) is 8.78 Å². The summed E-state index contributed by atoms with van der Waals surface area (Å²) in [5.41, 5.74) is 0.952. The zero-order chi connectivity index (χ0) is 18.4. The van der Waals surface area contributed by atoms with Crippen LogP contribution >= 0.6 is 0 Å². The first-order valence-corrected chi connectivity index (χ1v) is 9.65. The minimum absolute atomic E-state index is 0.0993. The van der Waals surface area contributed by atoms with Crippen LogP contribution in [-0.2, 0) is 5.41 Å². The van der Waals surface area contributed by atoms with Crippen LogP contribution in [0.1, 0.15) is 55.9 Å². The van der Waals surface area contributed by atoms with E-state index in [9.17, 15) is 8.78 Å². The lowest BCUT2D eigenvalue weighted by Crippen LogP contribution is -2.48. The van der Waals surface area contributed by atoms with Crippen molar-refractivity contribution in [3.63, 3.8) is 0 Å². The Kier molecular flexibility index (Phi) is 4.02. The summed E-state index contributed by atoms with van der Waals surface area (Å²) in [6.07, 6.45) is 11.3. The van der Waals surface area contributed by atoms with Crippen molar-refractivity contribution in [2.75, 3.05) is 0 Å². The Morgan fingerprint density at radius 3 is 2.19 bits per heavy atom. The molecule has 0 atom stereocenters. The molecule has 1 aromatic carbocycles. The Labute approximate surface area is 156 Å². The minimum Gasteiger partial charge on any atom is -0.435 e. The lowest BCUT2D eigenvalue weighted by atomic mass is 9.49. The van der Waals surface area contributed by atoms with E-state index in [1.54, 1.807) is 18.2 Å². The number of hydrogen-bond acceptors (Lipinski definition) is 4. The third kappa shape index (κ3) is 3.26. The van der Waals surface area contributed by atoms with Gasteiger partial charge >= 0.3 is 6.61 Å². The fourth-order valence-corrected chi connectivity index (χ4v) is 5.82.